The van der Waals surface area contributed by atoms with E-state index in [9.17, 15) is 9.59 Å². The van der Waals surface area contributed by atoms with E-state index in [0.717, 1.165) is 16.1 Å². The summed E-state index contributed by atoms with van der Waals surface area (Å²) in [5.41, 5.74) is 2.63. The van der Waals surface area contributed by atoms with Crippen LogP contribution in [0.15, 0.2) is 66.0 Å². The number of nitrogens with zero attached hydrogens (tertiary/aromatic N) is 1. The topological polar surface area (TPSA) is 68.3 Å². The molecule has 0 aliphatic heterocycles. The van der Waals surface area contributed by atoms with E-state index in [-0.39, 0.29) is 24.9 Å². The monoisotopic (exact) mass is 408 g/mol. The van der Waals surface area contributed by atoms with Gasteiger partial charge < -0.3 is 10.1 Å². The van der Waals surface area contributed by atoms with Gasteiger partial charge in [0.2, 0.25) is 5.91 Å². The van der Waals surface area contributed by atoms with Crippen molar-refractivity contribution in [2.24, 2.45) is 5.92 Å². The number of hydrogen-bond acceptors (Lipinski definition) is 5. The molecule has 0 aliphatic rings. The van der Waals surface area contributed by atoms with Gasteiger partial charge in [0.05, 0.1) is 12.1 Å². The van der Waals surface area contributed by atoms with E-state index in [1.54, 1.807) is 0 Å². The molecule has 1 amide bonds. The number of ether oxygens (including phenoxy) is 1. The normalized spacial score (nSPS) is 11.8. The molecule has 0 bridgehead atoms. The van der Waals surface area contributed by atoms with Crippen molar-refractivity contribution in [3.8, 4) is 10.6 Å². The van der Waals surface area contributed by atoms with E-state index in [4.69, 9.17) is 4.74 Å². The number of hydrogen-bond donors (Lipinski definition) is 1. The Kier molecular flexibility index (Phi) is 7.14. The molecule has 2 aromatic carbocycles. The first-order valence-electron chi connectivity index (χ1n) is 9.52. The Labute approximate surface area is 174 Å². The van der Waals surface area contributed by atoms with Crippen molar-refractivity contribution in [3.63, 3.8) is 0 Å². The quantitative estimate of drug-likeness (QED) is 0.566. The Morgan fingerprint density at radius 1 is 1.03 bits per heavy atom. The van der Waals surface area contributed by atoms with Crippen LogP contribution in [0.3, 0.4) is 0 Å². The number of nitrogens with one attached hydrogen (secondary N) is 1. The summed E-state index contributed by atoms with van der Waals surface area (Å²) in [5.74, 6) is -0.736. The predicted molar refractivity (Wildman–Crippen MR) is 114 cm³/mol. The lowest BCUT2D eigenvalue weighted by Crippen LogP contribution is -2.45. The van der Waals surface area contributed by atoms with Crippen LogP contribution in [0.5, 0.6) is 0 Å². The number of carbonyl (C=O) groups excluding carboxylic acids is 2. The number of rotatable bonds is 8. The highest BCUT2D eigenvalue weighted by Gasteiger charge is 2.26. The second-order valence-corrected chi connectivity index (χ2v) is 7.93. The summed E-state index contributed by atoms with van der Waals surface area (Å²) in [6, 6.07) is 18.6. The van der Waals surface area contributed by atoms with Crippen LogP contribution in [0.2, 0.25) is 0 Å². The molecule has 29 heavy (non-hydrogen) atoms. The van der Waals surface area contributed by atoms with Gasteiger partial charge in [-0.1, -0.05) is 74.5 Å². The van der Waals surface area contributed by atoms with E-state index in [1.165, 1.54) is 11.3 Å². The molecule has 0 aliphatic carbocycles. The molecule has 1 aromatic heterocycles. The van der Waals surface area contributed by atoms with Crippen molar-refractivity contribution in [2.45, 2.75) is 32.9 Å². The number of esters is 1. The Balaban J connectivity index is 1.56. The number of thiazole rings is 1. The molecular formula is C23H24N2O3S. The highest BCUT2D eigenvalue weighted by Crippen LogP contribution is 2.23. The molecule has 1 atom stereocenters. The molecule has 0 saturated heterocycles. The maximum absolute atomic E-state index is 12.6. The highest BCUT2D eigenvalue weighted by atomic mass is 32.1. The number of carbonyl (C=O) groups is 2. The molecule has 0 spiro atoms. The molecule has 5 nitrogen and oxygen atoms in total. The SMILES string of the molecule is CC(C)[C@@H](NC(=O)Cc1ccccc1)C(=O)OCc1csc(-c2ccccc2)n1. The fourth-order valence-corrected chi connectivity index (χ4v) is 3.64. The summed E-state index contributed by atoms with van der Waals surface area (Å²) in [4.78, 5) is 29.4. The van der Waals surface area contributed by atoms with E-state index < -0.39 is 12.0 Å². The maximum atomic E-state index is 12.6. The first kappa shape index (κ1) is 20.7. The number of benzene rings is 2. The van der Waals surface area contributed by atoms with Gasteiger partial charge in [0.1, 0.15) is 17.7 Å². The molecule has 0 fully saturated rings. The molecule has 3 aromatic rings. The third kappa shape index (κ3) is 5.99. The van der Waals surface area contributed by atoms with Gasteiger partial charge in [0.15, 0.2) is 0 Å². The van der Waals surface area contributed by atoms with Gasteiger partial charge in [-0.05, 0) is 11.5 Å². The van der Waals surface area contributed by atoms with Gasteiger partial charge >= 0.3 is 5.97 Å². The lowest BCUT2D eigenvalue weighted by Gasteiger charge is -2.20. The molecule has 0 unspecified atom stereocenters. The van der Waals surface area contributed by atoms with Gasteiger partial charge in [-0.25, -0.2) is 9.78 Å². The third-order valence-corrected chi connectivity index (χ3v) is 5.32. The van der Waals surface area contributed by atoms with Crippen LogP contribution in [0.25, 0.3) is 10.6 Å². The van der Waals surface area contributed by atoms with Gasteiger partial charge in [-0.15, -0.1) is 11.3 Å². The summed E-state index contributed by atoms with van der Waals surface area (Å²) in [5, 5.41) is 5.57. The van der Waals surface area contributed by atoms with Gasteiger partial charge in [-0.2, -0.15) is 0 Å². The first-order valence-corrected chi connectivity index (χ1v) is 10.4. The fourth-order valence-electron chi connectivity index (χ4n) is 2.82. The molecule has 0 saturated carbocycles. The number of amides is 1. The summed E-state index contributed by atoms with van der Waals surface area (Å²) in [7, 11) is 0. The largest absolute Gasteiger partial charge is 0.458 e. The molecule has 6 heteroatoms. The molecule has 150 valence electrons. The van der Waals surface area contributed by atoms with Crippen molar-refractivity contribution in [1.82, 2.24) is 10.3 Å². The minimum atomic E-state index is -0.696. The Morgan fingerprint density at radius 2 is 1.69 bits per heavy atom. The molecule has 1 N–H and O–H groups in total. The van der Waals surface area contributed by atoms with Gasteiger partial charge in [0, 0.05) is 10.9 Å². The smallest absolute Gasteiger partial charge is 0.329 e. The van der Waals surface area contributed by atoms with Crippen molar-refractivity contribution in [2.75, 3.05) is 0 Å². The van der Waals surface area contributed by atoms with Gasteiger partial charge in [-0.3, -0.25) is 4.79 Å². The van der Waals surface area contributed by atoms with Crippen LogP contribution in [0.4, 0.5) is 0 Å². The summed E-state index contributed by atoms with van der Waals surface area (Å²) >= 11 is 1.51. The van der Waals surface area contributed by atoms with Crippen molar-refractivity contribution < 1.29 is 14.3 Å². The lowest BCUT2D eigenvalue weighted by atomic mass is 10.0. The Hall–Kier alpha value is -2.99. The summed E-state index contributed by atoms with van der Waals surface area (Å²) in [6.07, 6.45) is 0.226. The van der Waals surface area contributed by atoms with Crippen LogP contribution in [-0.4, -0.2) is 22.9 Å². The second kappa shape index (κ2) is 9.98. The average molecular weight is 409 g/mol. The van der Waals surface area contributed by atoms with E-state index in [2.05, 4.69) is 10.3 Å². The standard InChI is InChI=1S/C23H24N2O3S/c1-16(2)21(25-20(26)13-17-9-5-3-6-10-17)23(27)28-14-19-15-29-22(24-19)18-11-7-4-8-12-18/h3-12,15-16,21H,13-14H2,1-2H3,(H,25,26)/t21-/m1/s1. The lowest BCUT2D eigenvalue weighted by molar-refractivity contribution is -0.150. The van der Waals surface area contributed by atoms with Crippen LogP contribution in [0.1, 0.15) is 25.1 Å². The summed E-state index contributed by atoms with van der Waals surface area (Å²) < 4.78 is 5.44. The fraction of sp³-hybridized carbons (Fsp3) is 0.261. The predicted octanol–water partition coefficient (Wildman–Crippen LogP) is 4.24. The van der Waals surface area contributed by atoms with E-state index >= 15 is 0 Å². The van der Waals surface area contributed by atoms with Crippen LogP contribution in [0, 0.1) is 5.92 Å². The maximum Gasteiger partial charge on any atom is 0.329 e. The average Bonchev–Trinajstić information content (AvgIpc) is 3.20. The minimum absolute atomic E-state index is 0.0833. The zero-order valence-electron chi connectivity index (χ0n) is 16.5. The Bertz CT molecular complexity index is 939. The first-order chi connectivity index (χ1) is 14.0. The Morgan fingerprint density at radius 3 is 2.34 bits per heavy atom. The molecule has 1 heterocycles. The summed E-state index contributed by atoms with van der Waals surface area (Å²) in [6.45, 7) is 3.84. The van der Waals surface area contributed by atoms with Crippen molar-refractivity contribution >= 4 is 23.2 Å². The van der Waals surface area contributed by atoms with Crippen molar-refractivity contribution in [1.29, 1.82) is 0 Å². The molecule has 0 radical (unpaired) electrons. The van der Waals surface area contributed by atoms with E-state index in [1.807, 2.05) is 79.9 Å². The highest BCUT2D eigenvalue weighted by molar-refractivity contribution is 7.13. The second-order valence-electron chi connectivity index (χ2n) is 7.07. The third-order valence-electron chi connectivity index (χ3n) is 4.38. The van der Waals surface area contributed by atoms with Gasteiger partial charge in [0.25, 0.3) is 0 Å². The minimum Gasteiger partial charge on any atom is -0.458 e. The van der Waals surface area contributed by atoms with Crippen molar-refractivity contribution in [3.05, 3.63) is 77.3 Å². The van der Waals surface area contributed by atoms with Crippen LogP contribution in [-0.2, 0) is 27.4 Å². The zero-order valence-corrected chi connectivity index (χ0v) is 17.3. The molecular weight excluding hydrogens is 384 g/mol. The van der Waals surface area contributed by atoms with Crippen LogP contribution >= 0.6 is 11.3 Å². The zero-order chi connectivity index (χ0) is 20.6. The van der Waals surface area contributed by atoms with Crippen LogP contribution < -0.4 is 5.32 Å². The van der Waals surface area contributed by atoms with E-state index in [0.29, 0.717) is 5.69 Å². The number of aromatic nitrogens is 1. The molecule has 3 rings (SSSR count).